The highest BCUT2D eigenvalue weighted by Crippen LogP contribution is 2.28. The second kappa shape index (κ2) is 9.64. The predicted octanol–water partition coefficient (Wildman–Crippen LogP) is 4.74. The number of hydrogen-bond donors (Lipinski definition) is 0. The molecule has 0 spiro atoms. The van der Waals surface area contributed by atoms with Crippen molar-refractivity contribution >= 4 is 22.5 Å². The fourth-order valence-corrected chi connectivity index (χ4v) is 3.93. The third kappa shape index (κ3) is 4.69. The molecule has 3 aromatic carbocycles. The van der Waals surface area contributed by atoms with Gasteiger partial charge in [0.2, 0.25) is 5.78 Å². The molecule has 0 saturated carbocycles. The van der Waals surface area contributed by atoms with Crippen molar-refractivity contribution in [1.82, 2.24) is 4.90 Å². The largest absolute Gasteiger partial charge is 0.492 e. The molecule has 36 heavy (non-hydrogen) atoms. The van der Waals surface area contributed by atoms with Crippen molar-refractivity contribution in [2.75, 3.05) is 27.2 Å². The number of likely N-dealkylation sites (N-methyl/N-ethyl adjacent to an activating group) is 1. The standard InChI is InChI=1S/C29H23NO6/c1-30(2)13-14-34-21-11-12-26-19(15-21)16-24(29(33)36-26)18-7-9-20(10-8-18)35-27-17-25(31)22-5-3-4-6-23(22)28(27)32/h3-12,15-17H,13-14H2,1-2H3. The summed E-state index contributed by atoms with van der Waals surface area (Å²) >= 11 is 0. The maximum absolute atomic E-state index is 12.7. The number of hydrogen-bond acceptors (Lipinski definition) is 7. The number of rotatable bonds is 7. The number of carbonyl (C=O) groups excluding carboxylic acids is 2. The number of carbonyl (C=O) groups is 2. The molecule has 0 aliphatic heterocycles. The minimum Gasteiger partial charge on any atom is -0.492 e. The van der Waals surface area contributed by atoms with Gasteiger partial charge in [-0.15, -0.1) is 0 Å². The number of benzene rings is 3. The van der Waals surface area contributed by atoms with E-state index in [9.17, 15) is 14.4 Å². The van der Waals surface area contributed by atoms with Gasteiger partial charge < -0.3 is 18.8 Å². The zero-order valence-electron chi connectivity index (χ0n) is 19.8. The molecule has 0 amide bonds. The third-order valence-corrected chi connectivity index (χ3v) is 5.83. The maximum atomic E-state index is 12.7. The van der Waals surface area contributed by atoms with Crippen LogP contribution in [0.4, 0.5) is 0 Å². The number of Topliss-reactive ketones (excluding diaryl/α,β-unsaturated/α-hetero) is 1. The highest BCUT2D eigenvalue weighted by atomic mass is 16.5. The third-order valence-electron chi connectivity index (χ3n) is 5.83. The molecular weight excluding hydrogens is 458 g/mol. The van der Waals surface area contributed by atoms with Gasteiger partial charge >= 0.3 is 5.63 Å². The summed E-state index contributed by atoms with van der Waals surface area (Å²) in [5, 5.41) is 0.738. The molecule has 0 N–H and O–H groups in total. The van der Waals surface area contributed by atoms with Crippen LogP contribution in [-0.2, 0) is 0 Å². The van der Waals surface area contributed by atoms with Crippen LogP contribution in [0.15, 0.2) is 93.8 Å². The van der Waals surface area contributed by atoms with Crippen LogP contribution in [-0.4, -0.2) is 43.7 Å². The van der Waals surface area contributed by atoms with Crippen LogP contribution in [0.2, 0.25) is 0 Å². The Balaban J connectivity index is 1.37. The van der Waals surface area contributed by atoms with Gasteiger partial charge in [-0.25, -0.2) is 4.79 Å². The molecule has 0 fully saturated rings. The first-order valence-electron chi connectivity index (χ1n) is 11.4. The summed E-state index contributed by atoms with van der Waals surface area (Å²) in [4.78, 5) is 39.8. The molecule has 1 aliphatic rings. The van der Waals surface area contributed by atoms with Crippen molar-refractivity contribution in [2.24, 2.45) is 0 Å². The van der Waals surface area contributed by atoms with Crippen molar-refractivity contribution < 1.29 is 23.5 Å². The zero-order valence-corrected chi connectivity index (χ0v) is 19.8. The first-order valence-corrected chi connectivity index (χ1v) is 11.4. The summed E-state index contributed by atoms with van der Waals surface area (Å²) < 4.78 is 17.0. The highest BCUT2D eigenvalue weighted by molar-refractivity contribution is 6.23. The van der Waals surface area contributed by atoms with Gasteiger partial charge in [-0.05, 0) is 56.1 Å². The Morgan fingerprint density at radius 3 is 2.28 bits per heavy atom. The lowest BCUT2D eigenvalue weighted by Crippen LogP contribution is -2.20. The van der Waals surface area contributed by atoms with E-state index in [2.05, 4.69) is 0 Å². The summed E-state index contributed by atoms with van der Waals surface area (Å²) in [7, 11) is 3.95. The van der Waals surface area contributed by atoms with Gasteiger partial charge in [-0.1, -0.05) is 36.4 Å². The minimum absolute atomic E-state index is 0.0431. The second-order valence-electron chi connectivity index (χ2n) is 8.67. The Kier molecular flexibility index (Phi) is 6.23. The molecule has 1 aliphatic carbocycles. The lowest BCUT2D eigenvalue weighted by molar-refractivity contribution is 0.0947. The fraction of sp³-hybridized carbons (Fsp3) is 0.138. The molecule has 7 heteroatoms. The number of fused-ring (bicyclic) bond motifs is 2. The van der Waals surface area contributed by atoms with Gasteiger partial charge in [0.25, 0.3) is 0 Å². The van der Waals surface area contributed by atoms with Gasteiger partial charge in [-0.3, -0.25) is 9.59 Å². The Hall–Kier alpha value is -4.49. The van der Waals surface area contributed by atoms with Gasteiger partial charge in [0, 0.05) is 29.1 Å². The van der Waals surface area contributed by atoms with Crippen LogP contribution >= 0.6 is 0 Å². The van der Waals surface area contributed by atoms with Gasteiger partial charge in [0.1, 0.15) is 23.7 Å². The average molecular weight is 482 g/mol. The average Bonchev–Trinajstić information content (AvgIpc) is 2.87. The molecule has 4 aromatic rings. The van der Waals surface area contributed by atoms with E-state index in [0.717, 1.165) is 11.9 Å². The molecule has 7 nitrogen and oxygen atoms in total. The van der Waals surface area contributed by atoms with Crippen molar-refractivity contribution in [3.05, 3.63) is 106 Å². The first-order chi connectivity index (χ1) is 17.4. The molecule has 0 radical (unpaired) electrons. The van der Waals surface area contributed by atoms with E-state index in [1.165, 1.54) is 6.08 Å². The Morgan fingerprint density at radius 2 is 1.53 bits per heavy atom. The van der Waals surface area contributed by atoms with Gasteiger partial charge in [0.05, 0.1) is 5.56 Å². The molecule has 5 rings (SSSR count). The second-order valence-corrected chi connectivity index (χ2v) is 8.67. The Labute approximate surface area is 207 Å². The lowest BCUT2D eigenvalue weighted by Gasteiger charge is -2.15. The van der Waals surface area contributed by atoms with E-state index in [1.807, 2.05) is 25.1 Å². The smallest absolute Gasteiger partial charge is 0.344 e. The summed E-state index contributed by atoms with van der Waals surface area (Å²) in [6, 6.07) is 20.4. The van der Waals surface area contributed by atoms with Crippen LogP contribution in [0.25, 0.3) is 22.1 Å². The minimum atomic E-state index is -0.468. The summed E-state index contributed by atoms with van der Waals surface area (Å²) in [5.41, 5.74) is 1.69. The number of ketones is 2. The van der Waals surface area contributed by atoms with E-state index in [0.29, 0.717) is 45.9 Å². The van der Waals surface area contributed by atoms with Crippen molar-refractivity contribution in [3.63, 3.8) is 0 Å². The quantitative estimate of drug-likeness (QED) is 0.352. The number of ether oxygens (including phenoxy) is 2. The molecule has 0 unspecified atom stereocenters. The predicted molar refractivity (Wildman–Crippen MR) is 136 cm³/mol. The summed E-state index contributed by atoms with van der Waals surface area (Å²) in [5.74, 6) is 0.379. The topological polar surface area (TPSA) is 86.0 Å². The van der Waals surface area contributed by atoms with E-state index < -0.39 is 5.63 Å². The van der Waals surface area contributed by atoms with Crippen molar-refractivity contribution in [1.29, 1.82) is 0 Å². The molecule has 0 saturated heterocycles. The first kappa shape index (κ1) is 23.3. The maximum Gasteiger partial charge on any atom is 0.344 e. The SMILES string of the molecule is CN(C)CCOc1ccc2oc(=O)c(-c3ccc(OC4=CC(=O)c5ccccc5C4=O)cc3)cc2c1. The van der Waals surface area contributed by atoms with Crippen LogP contribution in [0, 0.1) is 0 Å². The normalized spacial score (nSPS) is 13.0. The van der Waals surface area contributed by atoms with Crippen LogP contribution in [0.1, 0.15) is 20.7 Å². The number of allylic oxidation sites excluding steroid dienone is 2. The molecular formula is C29H23NO6. The van der Waals surface area contributed by atoms with Crippen LogP contribution in [0.5, 0.6) is 11.5 Å². The van der Waals surface area contributed by atoms with E-state index in [4.69, 9.17) is 13.9 Å². The van der Waals surface area contributed by atoms with E-state index in [-0.39, 0.29) is 17.3 Å². The summed E-state index contributed by atoms with van der Waals surface area (Å²) in [6.07, 6.45) is 1.20. The van der Waals surface area contributed by atoms with Gasteiger partial charge in [-0.2, -0.15) is 0 Å². The fourth-order valence-electron chi connectivity index (χ4n) is 3.93. The molecule has 1 aromatic heterocycles. The van der Waals surface area contributed by atoms with E-state index >= 15 is 0 Å². The molecule has 180 valence electrons. The zero-order chi connectivity index (χ0) is 25.2. The lowest BCUT2D eigenvalue weighted by atomic mass is 9.94. The van der Waals surface area contributed by atoms with Crippen molar-refractivity contribution in [3.8, 4) is 22.6 Å². The molecule has 1 heterocycles. The highest BCUT2D eigenvalue weighted by Gasteiger charge is 2.26. The van der Waals surface area contributed by atoms with Crippen molar-refractivity contribution in [2.45, 2.75) is 0 Å². The van der Waals surface area contributed by atoms with Gasteiger partial charge in [0.15, 0.2) is 11.5 Å². The monoisotopic (exact) mass is 481 g/mol. The Morgan fingerprint density at radius 1 is 0.806 bits per heavy atom. The molecule has 0 bridgehead atoms. The van der Waals surface area contributed by atoms with Crippen LogP contribution in [0.3, 0.4) is 0 Å². The number of nitrogens with zero attached hydrogens (tertiary/aromatic N) is 1. The van der Waals surface area contributed by atoms with Crippen LogP contribution < -0.4 is 15.1 Å². The summed E-state index contributed by atoms with van der Waals surface area (Å²) in [6.45, 7) is 1.32. The molecule has 0 atom stereocenters. The van der Waals surface area contributed by atoms with E-state index in [1.54, 1.807) is 66.7 Å². The Bertz CT molecular complexity index is 1560.